The highest BCUT2D eigenvalue weighted by molar-refractivity contribution is 5.82. The van der Waals surface area contributed by atoms with Crippen LogP contribution in [0.2, 0.25) is 0 Å². The molecule has 5 nitrogen and oxygen atoms in total. The van der Waals surface area contributed by atoms with Crippen molar-refractivity contribution in [1.29, 1.82) is 0 Å². The second-order valence-electron chi connectivity index (χ2n) is 6.27. The van der Waals surface area contributed by atoms with E-state index in [9.17, 15) is 9.90 Å². The maximum atomic E-state index is 12.2. The number of rotatable bonds is 5. The van der Waals surface area contributed by atoms with Crippen molar-refractivity contribution in [3.8, 4) is 0 Å². The number of hydrogen-bond acceptors (Lipinski definition) is 4. The summed E-state index contributed by atoms with van der Waals surface area (Å²) < 4.78 is 0. The first kappa shape index (κ1) is 15.5. The predicted molar refractivity (Wildman–Crippen MR) is 85.4 cm³/mol. The van der Waals surface area contributed by atoms with Crippen molar-refractivity contribution in [2.75, 3.05) is 26.2 Å². The molecule has 1 aromatic carbocycles. The Hall–Kier alpha value is -1.43. The van der Waals surface area contributed by atoms with Crippen LogP contribution in [0.4, 0.5) is 0 Å². The summed E-state index contributed by atoms with van der Waals surface area (Å²) in [5.74, 6) is -0.00308. The van der Waals surface area contributed by atoms with Crippen molar-refractivity contribution < 1.29 is 9.90 Å². The lowest BCUT2D eigenvalue weighted by Crippen LogP contribution is -2.44. The average Bonchev–Trinajstić information content (AvgIpc) is 3.20. The van der Waals surface area contributed by atoms with E-state index < -0.39 is 6.10 Å². The molecule has 0 radical (unpaired) electrons. The molecule has 2 aliphatic heterocycles. The zero-order chi connectivity index (χ0) is 15.4. The number of nitrogens with one attached hydrogen (secondary N) is 2. The number of amides is 1. The van der Waals surface area contributed by atoms with E-state index in [0.717, 1.165) is 13.1 Å². The molecule has 2 fully saturated rings. The van der Waals surface area contributed by atoms with Crippen molar-refractivity contribution in [3.05, 3.63) is 35.9 Å². The second kappa shape index (κ2) is 7.22. The van der Waals surface area contributed by atoms with Crippen LogP contribution in [0.25, 0.3) is 0 Å². The van der Waals surface area contributed by atoms with Gasteiger partial charge in [-0.25, -0.2) is 0 Å². The fourth-order valence-electron chi connectivity index (χ4n) is 3.42. The van der Waals surface area contributed by atoms with E-state index in [-0.39, 0.29) is 18.0 Å². The largest absolute Gasteiger partial charge is 0.392 e. The van der Waals surface area contributed by atoms with Gasteiger partial charge in [-0.3, -0.25) is 9.69 Å². The molecule has 2 saturated heterocycles. The number of likely N-dealkylation sites (tertiary alicyclic amines) is 1. The van der Waals surface area contributed by atoms with Gasteiger partial charge >= 0.3 is 0 Å². The quantitative estimate of drug-likeness (QED) is 0.748. The van der Waals surface area contributed by atoms with Crippen LogP contribution < -0.4 is 10.6 Å². The first-order chi connectivity index (χ1) is 10.7. The van der Waals surface area contributed by atoms with E-state index in [1.165, 1.54) is 18.4 Å². The molecule has 3 rings (SSSR count). The molecular formula is C17H25N3O2. The number of carbonyl (C=O) groups excluding carboxylic acids is 1. The molecule has 3 N–H and O–H groups in total. The summed E-state index contributed by atoms with van der Waals surface area (Å²) in [6, 6.07) is 10.4. The number of aliphatic hydroxyl groups is 1. The van der Waals surface area contributed by atoms with E-state index >= 15 is 0 Å². The Morgan fingerprint density at radius 1 is 1.32 bits per heavy atom. The first-order valence-electron chi connectivity index (χ1n) is 8.22. The third-order valence-corrected chi connectivity index (χ3v) is 4.66. The Kier molecular flexibility index (Phi) is 5.08. The van der Waals surface area contributed by atoms with Crippen LogP contribution >= 0.6 is 0 Å². The highest BCUT2D eigenvalue weighted by Crippen LogP contribution is 2.24. The fourth-order valence-corrected chi connectivity index (χ4v) is 3.42. The summed E-state index contributed by atoms with van der Waals surface area (Å²) in [5, 5.41) is 15.7. The monoisotopic (exact) mass is 303 g/mol. The minimum absolute atomic E-state index is 0.00308. The summed E-state index contributed by atoms with van der Waals surface area (Å²) in [7, 11) is 0. The summed E-state index contributed by atoms with van der Waals surface area (Å²) in [6.07, 6.45) is 2.56. The van der Waals surface area contributed by atoms with E-state index in [1.807, 2.05) is 6.07 Å². The van der Waals surface area contributed by atoms with Gasteiger partial charge in [0.15, 0.2) is 0 Å². The SMILES string of the molecule is O=C(NCC(c1ccccc1)N1CCCC1)C1CC(O)CN1. The Bertz CT molecular complexity index is 488. The van der Waals surface area contributed by atoms with Crippen LogP contribution in [-0.2, 0) is 4.79 Å². The number of nitrogens with zero attached hydrogens (tertiary/aromatic N) is 1. The maximum Gasteiger partial charge on any atom is 0.237 e. The van der Waals surface area contributed by atoms with Gasteiger partial charge in [-0.15, -0.1) is 0 Å². The van der Waals surface area contributed by atoms with Crippen LogP contribution in [0.3, 0.4) is 0 Å². The van der Waals surface area contributed by atoms with Gasteiger partial charge in [0.2, 0.25) is 5.91 Å². The fraction of sp³-hybridized carbons (Fsp3) is 0.588. The van der Waals surface area contributed by atoms with Gasteiger partial charge in [0.05, 0.1) is 18.2 Å². The van der Waals surface area contributed by atoms with Crippen LogP contribution in [0.5, 0.6) is 0 Å². The van der Waals surface area contributed by atoms with Gasteiger partial charge in [0, 0.05) is 13.1 Å². The van der Waals surface area contributed by atoms with Crippen LogP contribution in [0, 0.1) is 0 Å². The second-order valence-corrected chi connectivity index (χ2v) is 6.27. The van der Waals surface area contributed by atoms with Crippen LogP contribution in [-0.4, -0.2) is 54.2 Å². The van der Waals surface area contributed by atoms with Crippen molar-refractivity contribution in [3.63, 3.8) is 0 Å². The summed E-state index contributed by atoms with van der Waals surface area (Å²) in [4.78, 5) is 14.7. The minimum atomic E-state index is -0.403. The van der Waals surface area contributed by atoms with Gasteiger partial charge in [0.1, 0.15) is 0 Å². The van der Waals surface area contributed by atoms with Gasteiger partial charge in [-0.05, 0) is 37.9 Å². The Morgan fingerprint density at radius 2 is 2.05 bits per heavy atom. The number of carbonyl (C=O) groups is 1. The van der Waals surface area contributed by atoms with E-state index in [0.29, 0.717) is 19.5 Å². The molecule has 120 valence electrons. The molecule has 22 heavy (non-hydrogen) atoms. The Labute approximate surface area is 131 Å². The summed E-state index contributed by atoms with van der Waals surface area (Å²) >= 11 is 0. The van der Waals surface area contributed by atoms with E-state index in [1.54, 1.807) is 0 Å². The normalized spacial score (nSPS) is 27.0. The lowest BCUT2D eigenvalue weighted by Gasteiger charge is -2.28. The summed E-state index contributed by atoms with van der Waals surface area (Å²) in [6.45, 7) is 3.31. The lowest BCUT2D eigenvalue weighted by molar-refractivity contribution is -0.123. The molecule has 1 amide bonds. The third kappa shape index (κ3) is 3.66. The van der Waals surface area contributed by atoms with Crippen molar-refractivity contribution in [2.24, 2.45) is 0 Å². The smallest absolute Gasteiger partial charge is 0.237 e. The standard InChI is InChI=1S/C17H25N3O2/c21-14-10-15(18-11-14)17(22)19-12-16(20-8-4-5-9-20)13-6-2-1-3-7-13/h1-3,6-7,14-16,18,21H,4-5,8-12H2,(H,19,22). The van der Waals surface area contributed by atoms with Crippen molar-refractivity contribution in [1.82, 2.24) is 15.5 Å². The van der Waals surface area contributed by atoms with Gasteiger partial charge < -0.3 is 15.7 Å². The van der Waals surface area contributed by atoms with Crippen molar-refractivity contribution in [2.45, 2.75) is 37.5 Å². The number of hydrogen-bond donors (Lipinski definition) is 3. The minimum Gasteiger partial charge on any atom is -0.392 e. The number of aliphatic hydroxyl groups excluding tert-OH is 1. The molecular weight excluding hydrogens is 278 g/mol. The highest BCUT2D eigenvalue weighted by atomic mass is 16.3. The van der Waals surface area contributed by atoms with Gasteiger partial charge in [-0.1, -0.05) is 30.3 Å². The molecule has 2 aliphatic rings. The van der Waals surface area contributed by atoms with Crippen molar-refractivity contribution >= 4 is 5.91 Å². The maximum absolute atomic E-state index is 12.2. The van der Waals surface area contributed by atoms with Gasteiger partial charge in [0.25, 0.3) is 0 Å². The Morgan fingerprint density at radius 3 is 2.68 bits per heavy atom. The molecule has 3 atom stereocenters. The zero-order valence-electron chi connectivity index (χ0n) is 12.9. The van der Waals surface area contributed by atoms with E-state index in [4.69, 9.17) is 0 Å². The zero-order valence-corrected chi connectivity index (χ0v) is 12.9. The molecule has 0 aromatic heterocycles. The highest BCUT2D eigenvalue weighted by Gasteiger charge is 2.29. The predicted octanol–water partition coefficient (Wildman–Crippen LogP) is 0.662. The first-order valence-corrected chi connectivity index (χ1v) is 8.22. The van der Waals surface area contributed by atoms with Crippen LogP contribution in [0.1, 0.15) is 30.9 Å². The topological polar surface area (TPSA) is 64.6 Å². The lowest BCUT2D eigenvalue weighted by atomic mass is 10.1. The molecule has 0 saturated carbocycles. The molecule has 2 heterocycles. The molecule has 0 bridgehead atoms. The number of β-amino-alcohol motifs (C(OH)–C–C–N with tert-alkyl or cyclic N) is 1. The van der Waals surface area contributed by atoms with E-state index in [2.05, 4.69) is 39.8 Å². The third-order valence-electron chi connectivity index (χ3n) is 4.66. The van der Waals surface area contributed by atoms with Crippen LogP contribution in [0.15, 0.2) is 30.3 Å². The molecule has 0 aliphatic carbocycles. The molecule has 0 spiro atoms. The number of benzene rings is 1. The van der Waals surface area contributed by atoms with Gasteiger partial charge in [-0.2, -0.15) is 0 Å². The Balaban J connectivity index is 1.61. The molecule has 1 aromatic rings. The molecule has 3 unspecified atom stereocenters. The summed E-state index contributed by atoms with van der Waals surface area (Å²) in [5.41, 5.74) is 1.25. The average molecular weight is 303 g/mol. The molecule has 5 heteroatoms.